The van der Waals surface area contributed by atoms with Crippen LogP contribution in [0.3, 0.4) is 0 Å². The van der Waals surface area contributed by atoms with Crippen LogP contribution in [-0.4, -0.2) is 37.5 Å². The van der Waals surface area contributed by atoms with E-state index in [9.17, 15) is 9.50 Å². The van der Waals surface area contributed by atoms with E-state index in [2.05, 4.69) is 25.7 Å². The number of rotatable bonds is 6. The lowest BCUT2D eigenvalue weighted by Gasteiger charge is -2.12. The summed E-state index contributed by atoms with van der Waals surface area (Å²) in [5.41, 5.74) is 2.17. The molecule has 0 saturated heterocycles. The molecule has 28 heavy (non-hydrogen) atoms. The second kappa shape index (κ2) is 7.61. The third-order valence-electron chi connectivity index (χ3n) is 4.09. The maximum absolute atomic E-state index is 13.2. The van der Waals surface area contributed by atoms with Crippen molar-refractivity contribution >= 4 is 28.5 Å². The molecule has 0 bridgehead atoms. The zero-order chi connectivity index (χ0) is 19.5. The van der Waals surface area contributed by atoms with Crippen molar-refractivity contribution in [3.05, 3.63) is 66.6 Å². The van der Waals surface area contributed by atoms with Crippen molar-refractivity contribution < 1.29 is 9.50 Å². The van der Waals surface area contributed by atoms with Crippen molar-refractivity contribution in [1.29, 1.82) is 0 Å². The van der Waals surface area contributed by atoms with Crippen LogP contribution in [0.15, 0.2) is 60.8 Å². The summed E-state index contributed by atoms with van der Waals surface area (Å²) < 4.78 is 14.9. The number of hydrogen-bond donors (Lipinski definition) is 3. The van der Waals surface area contributed by atoms with E-state index >= 15 is 0 Å². The lowest BCUT2D eigenvalue weighted by atomic mass is 10.3. The fourth-order valence-corrected chi connectivity index (χ4v) is 2.75. The standard InChI is InChI=1S/C20H19FN6O/c1-13(28)11-22-20-25-18(24-15-9-7-14(21)8-10-15)17-12-23-27(19(17)26-20)16-5-3-2-4-6-16/h2-10,12-13,28H,11H2,1H3,(H2,22,24,25,26)/t13-/m1/s1. The molecule has 7 nitrogen and oxygen atoms in total. The molecule has 0 aliphatic heterocycles. The minimum atomic E-state index is -0.549. The van der Waals surface area contributed by atoms with E-state index in [1.807, 2.05) is 30.3 Å². The zero-order valence-corrected chi connectivity index (χ0v) is 15.2. The van der Waals surface area contributed by atoms with Crippen LogP contribution >= 0.6 is 0 Å². The van der Waals surface area contributed by atoms with E-state index in [1.165, 1.54) is 12.1 Å². The van der Waals surface area contributed by atoms with Gasteiger partial charge in [-0.05, 0) is 43.3 Å². The Labute approximate surface area is 160 Å². The molecule has 0 unspecified atom stereocenters. The number of fused-ring (bicyclic) bond motifs is 1. The maximum atomic E-state index is 13.2. The molecule has 0 amide bonds. The maximum Gasteiger partial charge on any atom is 0.226 e. The van der Waals surface area contributed by atoms with Crippen molar-refractivity contribution in [3.8, 4) is 5.69 Å². The Kier molecular flexibility index (Phi) is 4.86. The summed E-state index contributed by atoms with van der Waals surface area (Å²) in [6.07, 6.45) is 1.14. The summed E-state index contributed by atoms with van der Waals surface area (Å²) in [5.74, 6) is 0.581. The highest BCUT2D eigenvalue weighted by Gasteiger charge is 2.15. The molecule has 1 atom stereocenters. The molecule has 0 fully saturated rings. The molecular formula is C20H19FN6O. The van der Waals surface area contributed by atoms with Gasteiger partial charge in [0, 0.05) is 12.2 Å². The molecule has 3 N–H and O–H groups in total. The lowest BCUT2D eigenvalue weighted by Crippen LogP contribution is -2.17. The SMILES string of the molecule is C[C@@H](O)CNc1nc(Nc2ccc(F)cc2)c2cnn(-c3ccccc3)c2n1. The first kappa shape index (κ1) is 17.9. The average Bonchev–Trinajstić information content (AvgIpc) is 3.13. The van der Waals surface area contributed by atoms with E-state index in [-0.39, 0.29) is 5.82 Å². The first-order valence-electron chi connectivity index (χ1n) is 8.86. The number of halogens is 1. The summed E-state index contributed by atoms with van der Waals surface area (Å²) in [6.45, 7) is 1.98. The number of aliphatic hydroxyl groups is 1. The largest absolute Gasteiger partial charge is 0.392 e. The van der Waals surface area contributed by atoms with Crippen molar-refractivity contribution in [1.82, 2.24) is 19.7 Å². The molecule has 4 rings (SSSR count). The van der Waals surface area contributed by atoms with Crippen LogP contribution < -0.4 is 10.6 Å². The fraction of sp³-hybridized carbons (Fsp3) is 0.150. The fourth-order valence-electron chi connectivity index (χ4n) is 2.75. The molecule has 2 aromatic heterocycles. The zero-order valence-electron chi connectivity index (χ0n) is 15.2. The second-order valence-electron chi connectivity index (χ2n) is 6.39. The van der Waals surface area contributed by atoms with Gasteiger partial charge in [-0.15, -0.1) is 0 Å². The van der Waals surface area contributed by atoms with E-state index in [4.69, 9.17) is 0 Å². The van der Waals surface area contributed by atoms with Gasteiger partial charge in [-0.1, -0.05) is 18.2 Å². The van der Waals surface area contributed by atoms with Gasteiger partial charge in [-0.2, -0.15) is 15.1 Å². The Balaban J connectivity index is 1.80. The Morgan fingerprint density at radius 3 is 2.54 bits per heavy atom. The van der Waals surface area contributed by atoms with Gasteiger partial charge >= 0.3 is 0 Å². The van der Waals surface area contributed by atoms with Crippen molar-refractivity contribution in [3.63, 3.8) is 0 Å². The topological polar surface area (TPSA) is 87.9 Å². The van der Waals surface area contributed by atoms with E-state index in [1.54, 1.807) is 29.9 Å². The van der Waals surface area contributed by atoms with Crippen LogP contribution in [0.2, 0.25) is 0 Å². The molecule has 0 radical (unpaired) electrons. The van der Waals surface area contributed by atoms with Gasteiger partial charge in [0.05, 0.1) is 23.4 Å². The van der Waals surface area contributed by atoms with Crippen LogP contribution in [0.1, 0.15) is 6.92 Å². The minimum Gasteiger partial charge on any atom is -0.392 e. The molecule has 0 aliphatic carbocycles. The summed E-state index contributed by atoms with van der Waals surface area (Å²) in [7, 11) is 0. The third kappa shape index (κ3) is 3.77. The number of anilines is 3. The molecule has 8 heteroatoms. The number of aromatic nitrogens is 4. The number of para-hydroxylation sites is 1. The third-order valence-corrected chi connectivity index (χ3v) is 4.09. The van der Waals surface area contributed by atoms with Gasteiger partial charge in [-0.25, -0.2) is 9.07 Å². The predicted octanol–water partition coefficient (Wildman–Crippen LogP) is 3.49. The van der Waals surface area contributed by atoms with Crippen LogP contribution in [0, 0.1) is 5.82 Å². The molecule has 4 aromatic rings. The number of benzene rings is 2. The molecule has 0 aliphatic rings. The Morgan fingerprint density at radius 1 is 1.07 bits per heavy atom. The monoisotopic (exact) mass is 378 g/mol. The van der Waals surface area contributed by atoms with Gasteiger partial charge in [0.25, 0.3) is 0 Å². The van der Waals surface area contributed by atoms with E-state index < -0.39 is 6.10 Å². The average molecular weight is 378 g/mol. The summed E-state index contributed by atoms with van der Waals surface area (Å²) in [5, 5.41) is 21.0. The highest BCUT2D eigenvalue weighted by molar-refractivity contribution is 5.90. The van der Waals surface area contributed by atoms with Gasteiger partial charge in [0.15, 0.2) is 5.65 Å². The second-order valence-corrected chi connectivity index (χ2v) is 6.39. The molecular weight excluding hydrogens is 359 g/mol. The molecule has 142 valence electrons. The van der Waals surface area contributed by atoms with Crippen molar-refractivity contribution in [2.75, 3.05) is 17.2 Å². The highest BCUT2D eigenvalue weighted by atomic mass is 19.1. The first-order valence-corrected chi connectivity index (χ1v) is 8.86. The highest BCUT2D eigenvalue weighted by Crippen LogP contribution is 2.27. The minimum absolute atomic E-state index is 0.307. The number of nitrogens with zero attached hydrogens (tertiary/aromatic N) is 4. The summed E-state index contributed by atoms with van der Waals surface area (Å²) in [6, 6.07) is 15.7. The van der Waals surface area contributed by atoms with E-state index in [0.29, 0.717) is 29.6 Å². The molecule has 2 heterocycles. The lowest BCUT2D eigenvalue weighted by molar-refractivity contribution is 0.208. The summed E-state index contributed by atoms with van der Waals surface area (Å²) >= 11 is 0. The van der Waals surface area contributed by atoms with Crippen molar-refractivity contribution in [2.24, 2.45) is 0 Å². The van der Waals surface area contributed by atoms with Gasteiger partial charge in [-0.3, -0.25) is 0 Å². The first-order chi connectivity index (χ1) is 13.6. The van der Waals surface area contributed by atoms with Crippen LogP contribution in [-0.2, 0) is 0 Å². The van der Waals surface area contributed by atoms with Crippen LogP contribution in [0.4, 0.5) is 21.8 Å². The molecule has 2 aromatic carbocycles. The normalized spacial score (nSPS) is 12.1. The van der Waals surface area contributed by atoms with Crippen molar-refractivity contribution in [2.45, 2.75) is 13.0 Å². The number of hydrogen-bond acceptors (Lipinski definition) is 6. The summed E-state index contributed by atoms with van der Waals surface area (Å²) in [4.78, 5) is 9.07. The Hall–Kier alpha value is -3.52. The molecule has 0 saturated carbocycles. The van der Waals surface area contributed by atoms with E-state index in [0.717, 1.165) is 11.1 Å². The van der Waals surface area contributed by atoms with Crippen LogP contribution in [0.25, 0.3) is 16.7 Å². The smallest absolute Gasteiger partial charge is 0.226 e. The van der Waals surface area contributed by atoms with Gasteiger partial charge in [0.1, 0.15) is 11.6 Å². The van der Waals surface area contributed by atoms with Crippen LogP contribution in [0.5, 0.6) is 0 Å². The molecule has 0 spiro atoms. The van der Waals surface area contributed by atoms with Gasteiger partial charge < -0.3 is 15.7 Å². The predicted molar refractivity (Wildman–Crippen MR) is 107 cm³/mol. The Morgan fingerprint density at radius 2 is 1.82 bits per heavy atom. The quantitative estimate of drug-likeness (QED) is 0.476. The Bertz CT molecular complexity index is 1080. The number of nitrogens with one attached hydrogen (secondary N) is 2. The number of aliphatic hydroxyl groups excluding tert-OH is 1. The van der Waals surface area contributed by atoms with Gasteiger partial charge in [0.2, 0.25) is 5.95 Å².